The van der Waals surface area contributed by atoms with Gasteiger partial charge in [0.1, 0.15) is 5.60 Å². The molecule has 3 heterocycles. The fourth-order valence-electron chi connectivity index (χ4n) is 3.39. The molecule has 7 nitrogen and oxygen atoms in total. The molecule has 3 rings (SSSR count). The molecule has 10 heteroatoms. The van der Waals surface area contributed by atoms with Crippen LogP contribution in [0.1, 0.15) is 39.2 Å². The van der Waals surface area contributed by atoms with E-state index in [1.165, 1.54) is 0 Å². The number of hydrogen-bond donors (Lipinski definition) is 0. The Hall–Kier alpha value is -1.74. The molecule has 2 fully saturated rings. The molecule has 0 bridgehead atoms. The number of likely N-dealkylation sites (tertiary alicyclic amines) is 1. The van der Waals surface area contributed by atoms with Crippen molar-refractivity contribution in [1.29, 1.82) is 0 Å². The Morgan fingerprint density at radius 3 is 2.78 bits per heavy atom. The molecule has 2 aliphatic heterocycles. The lowest BCUT2D eigenvalue weighted by molar-refractivity contribution is -0.0374. The van der Waals surface area contributed by atoms with E-state index in [4.69, 9.17) is 21.1 Å². The molecule has 0 N–H and O–H groups in total. The third kappa shape index (κ3) is 4.57. The van der Waals surface area contributed by atoms with Crippen LogP contribution in [0, 0.1) is 0 Å². The van der Waals surface area contributed by atoms with Crippen molar-refractivity contribution in [2.45, 2.75) is 51.4 Å². The van der Waals surface area contributed by atoms with Crippen LogP contribution < -0.4 is 4.90 Å². The quantitative estimate of drug-likeness (QED) is 0.753. The van der Waals surface area contributed by atoms with Crippen LogP contribution in [0.15, 0.2) is 6.07 Å². The van der Waals surface area contributed by atoms with E-state index < -0.39 is 18.1 Å². The van der Waals surface area contributed by atoms with E-state index in [-0.39, 0.29) is 28.7 Å². The first-order valence-electron chi connectivity index (χ1n) is 8.83. The van der Waals surface area contributed by atoms with Gasteiger partial charge < -0.3 is 19.3 Å². The number of morpholine rings is 1. The number of carbonyl (C=O) groups excluding carboxylic acids is 1. The van der Waals surface area contributed by atoms with Gasteiger partial charge in [0.05, 0.1) is 24.3 Å². The zero-order valence-electron chi connectivity index (χ0n) is 15.5. The predicted molar refractivity (Wildman–Crippen MR) is 95.3 cm³/mol. The van der Waals surface area contributed by atoms with Crippen molar-refractivity contribution >= 4 is 23.5 Å². The molecule has 1 aromatic rings. The molecule has 1 amide bonds. The lowest BCUT2D eigenvalue weighted by Crippen LogP contribution is -2.61. The molecule has 150 valence electrons. The number of rotatable bonds is 2. The lowest BCUT2D eigenvalue weighted by Gasteiger charge is -2.47. The molecule has 2 saturated heterocycles. The highest BCUT2D eigenvalue weighted by atomic mass is 35.5. The second-order valence-corrected chi connectivity index (χ2v) is 8.02. The zero-order chi connectivity index (χ0) is 19.8. The van der Waals surface area contributed by atoms with Crippen molar-refractivity contribution in [1.82, 2.24) is 15.1 Å². The largest absolute Gasteiger partial charge is 0.444 e. The first-order valence-corrected chi connectivity index (χ1v) is 9.21. The van der Waals surface area contributed by atoms with Gasteiger partial charge in [-0.1, -0.05) is 11.6 Å². The Bertz CT molecular complexity index is 701. The number of anilines is 1. The second kappa shape index (κ2) is 7.71. The molecule has 0 aliphatic carbocycles. The van der Waals surface area contributed by atoms with E-state index in [1.807, 2.05) is 0 Å². The number of piperidine rings is 1. The minimum Gasteiger partial charge on any atom is -0.444 e. The zero-order valence-corrected chi connectivity index (χ0v) is 16.2. The summed E-state index contributed by atoms with van der Waals surface area (Å²) in [6.07, 6.45) is -2.76. The molecule has 1 aromatic heterocycles. The summed E-state index contributed by atoms with van der Waals surface area (Å²) in [5.74, 6) is 0.0822. The average molecular weight is 405 g/mol. The normalized spacial score (nSPS) is 23.4. The topological polar surface area (TPSA) is 67.8 Å². The van der Waals surface area contributed by atoms with Crippen LogP contribution in [-0.2, 0) is 9.47 Å². The van der Waals surface area contributed by atoms with Gasteiger partial charge in [0, 0.05) is 19.6 Å². The number of halogens is 3. The molecule has 2 atom stereocenters. The third-order valence-electron chi connectivity index (χ3n) is 4.52. The Kier molecular flexibility index (Phi) is 5.71. The van der Waals surface area contributed by atoms with Crippen LogP contribution in [0.25, 0.3) is 0 Å². The summed E-state index contributed by atoms with van der Waals surface area (Å²) in [6, 6.07) is 0.820. The van der Waals surface area contributed by atoms with E-state index in [1.54, 1.807) is 30.6 Å². The Morgan fingerprint density at radius 1 is 1.37 bits per heavy atom. The summed E-state index contributed by atoms with van der Waals surface area (Å²) < 4.78 is 38.3. The minimum absolute atomic E-state index is 0.0822. The van der Waals surface area contributed by atoms with E-state index in [0.29, 0.717) is 32.7 Å². The summed E-state index contributed by atoms with van der Waals surface area (Å²) >= 11 is 5.74. The monoisotopic (exact) mass is 404 g/mol. The standard InChI is InChI=1S/C17H23ClF2N4O3/c1-17(2,3)27-16(25)23-5-4-12-11(9-23)24(6-7-26-12)15-10(14(19)20)8-13(18)21-22-15/h8,11-12,14H,4-7,9H2,1-3H3/t11-,12+/m0/s1. The lowest BCUT2D eigenvalue weighted by atomic mass is 9.98. The number of hydrogen-bond acceptors (Lipinski definition) is 6. The molecule has 2 aliphatic rings. The maximum absolute atomic E-state index is 13.5. The SMILES string of the molecule is CC(C)(C)OC(=O)N1CC[C@H]2OCCN(c3nnc(Cl)cc3C(F)F)[C@H]2C1. The molecule has 0 radical (unpaired) electrons. The van der Waals surface area contributed by atoms with Crippen molar-refractivity contribution in [2.24, 2.45) is 0 Å². The molecular formula is C17H23ClF2N4O3. The Labute approximate surface area is 161 Å². The smallest absolute Gasteiger partial charge is 0.410 e. The highest BCUT2D eigenvalue weighted by molar-refractivity contribution is 6.29. The molecular weight excluding hydrogens is 382 g/mol. The van der Waals surface area contributed by atoms with Crippen molar-refractivity contribution in [2.75, 3.05) is 31.1 Å². The van der Waals surface area contributed by atoms with Gasteiger partial charge in [0.2, 0.25) is 0 Å². The van der Waals surface area contributed by atoms with Crippen LogP contribution in [-0.4, -0.2) is 65.2 Å². The Balaban J connectivity index is 1.84. The van der Waals surface area contributed by atoms with E-state index in [0.717, 1.165) is 6.07 Å². The van der Waals surface area contributed by atoms with Gasteiger partial charge in [-0.3, -0.25) is 0 Å². The highest BCUT2D eigenvalue weighted by Gasteiger charge is 2.41. The highest BCUT2D eigenvalue weighted by Crippen LogP contribution is 2.34. The van der Waals surface area contributed by atoms with Gasteiger partial charge in [-0.25, -0.2) is 13.6 Å². The first kappa shape index (κ1) is 20.0. The van der Waals surface area contributed by atoms with Crippen LogP contribution in [0.4, 0.5) is 19.4 Å². The van der Waals surface area contributed by atoms with E-state index >= 15 is 0 Å². The summed E-state index contributed by atoms with van der Waals surface area (Å²) in [6.45, 7) is 6.94. The minimum atomic E-state index is -2.74. The summed E-state index contributed by atoms with van der Waals surface area (Å²) in [5.41, 5.74) is -0.883. The summed E-state index contributed by atoms with van der Waals surface area (Å²) in [7, 11) is 0. The maximum Gasteiger partial charge on any atom is 0.410 e. The molecule has 0 spiro atoms. The number of amides is 1. The van der Waals surface area contributed by atoms with E-state index in [2.05, 4.69) is 10.2 Å². The second-order valence-electron chi connectivity index (χ2n) is 7.63. The van der Waals surface area contributed by atoms with Crippen molar-refractivity contribution < 1.29 is 23.0 Å². The van der Waals surface area contributed by atoms with Gasteiger partial charge in [-0.2, -0.15) is 0 Å². The molecule has 0 saturated carbocycles. The predicted octanol–water partition coefficient (Wildman–Crippen LogP) is 3.28. The van der Waals surface area contributed by atoms with Gasteiger partial charge in [-0.05, 0) is 33.3 Å². The van der Waals surface area contributed by atoms with Crippen LogP contribution in [0.2, 0.25) is 5.15 Å². The molecule has 0 aromatic carbocycles. The van der Waals surface area contributed by atoms with Crippen molar-refractivity contribution in [3.05, 3.63) is 16.8 Å². The first-order chi connectivity index (χ1) is 12.7. The van der Waals surface area contributed by atoms with Crippen LogP contribution in [0.3, 0.4) is 0 Å². The van der Waals surface area contributed by atoms with Gasteiger partial charge in [-0.15, -0.1) is 10.2 Å². The fraction of sp³-hybridized carbons (Fsp3) is 0.706. The Morgan fingerprint density at radius 2 is 2.11 bits per heavy atom. The van der Waals surface area contributed by atoms with Gasteiger partial charge >= 0.3 is 6.09 Å². The number of nitrogens with zero attached hydrogens (tertiary/aromatic N) is 4. The number of ether oxygens (including phenoxy) is 2. The van der Waals surface area contributed by atoms with Gasteiger partial charge in [0.15, 0.2) is 11.0 Å². The van der Waals surface area contributed by atoms with Crippen molar-refractivity contribution in [3.63, 3.8) is 0 Å². The summed E-state index contributed by atoms with van der Waals surface area (Å²) in [4.78, 5) is 15.8. The third-order valence-corrected chi connectivity index (χ3v) is 4.70. The fourth-order valence-corrected chi connectivity index (χ4v) is 3.54. The molecule has 0 unspecified atom stereocenters. The number of fused-ring (bicyclic) bond motifs is 1. The number of alkyl halides is 2. The number of carbonyl (C=O) groups is 1. The number of aromatic nitrogens is 2. The maximum atomic E-state index is 13.5. The van der Waals surface area contributed by atoms with E-state index in [9.17, 15) is 13.6 Å². The summed E-state index contributed by atoms with van der Waals surface area (Å²) in [5, 5.41) is 7.56. The van der Waals surface area contributed by atoms with Gasteiger partial charge in [0.25, 0.3) is 6.43 Å². The van der Waals surface area contributed by atoms with Crippen LogP contribution in [0.5, 0.6) is 0 Å². The average Bonchev–Trinajstić information content (AvgIpc) is 2.59. The molecule has 27 heavy (non-hydrogen) atoms. The van der Waals surface area contributed by atoms with Crippen LogP contribution >= 0.6 is 11.6 Å². The van der Waals surface area contributed by atoms with Crippen molar-refractivity contribution in [3.8, 4) is 0 Å².